The third-order valence-corrected chi connectivity index (χ3v) is 8.10. The molecule has 0 radical (unpaired) electrons. The number of unbranched alkanes of at least 4 members (excludes halogenated alkanes) is 1. The number of aliphatic carboxylic acids is 1. The van der Waals surface area contributed by atoms with E-state index in [4.69, 9.17) is 0 Å². The molecule has 1 aliphatic rings. The Morgan fingerprint density at radius 2 is 1.92 bits per heavy atom. The SMILES string of the molecule is CCC(=C/C=C1\Sc2cc(C)c(C)cc2N1CCCCC(=O)[O-])/C=C/c1cc[n+](CCO)c2ccccc12. The van der Waals surface area contributed by atoms with Crippen molar-refractivity contribution >= 4 is 40.4 Å². The molecule has 0 unspecified atom stereocenters. The van der Waals surface area contributed by atoms with Crippen molar-refractivity contribution in [2.75, 3.05) is 18.1 Å². The van der Waals surface area contributed by atoms with Gasteiger partial charge in [-0.05, 0) is 86.1 Å². The van der Waals surface area contributed by atoms with Crippen LogP contribution in [-0.4, -0.2) is 24.2 Å². The van der Waals surface area contributed by atoms with Gasteiger partial charge in [0.05, 0.1) is 16.1 Å². The average Bonchev–Trinajstić information content (AvgIpc) is 3.23. The van der Waals surface area contributed by atoms with E-state index in [9.17, 15) is 15.0 Å². The number of carbonyl (C=O) groups excluding carboxylic acids is 1. The summed E-state index contributed by atoms with van der Waals surface area (Å²) in [4.78, 5) is 14.4. The zero-order valence-corrected chi connectivity index (χ0v) is 23.3. The lowest BCUT2D eigenvalue weighted by molar-refractivity contribution is -0.672. The van der Waals surface area contributed by atoms with E-state index in [2.05, 4.69) is 84.9 Å². The number of para-hydroxylation sites is 1. The number of pyridine rings is 1. The second-order valence-electron chi connectivity index (χ2n) is 9.63. The first-order chi connectivity index (χ1) is 18.4. The molecule has 38 heavy (non-hydrogen) atoms. The highest BCUT2D eigenvalue weighted by atomic mass is 32.2. The molecule has 2 heterocycles. The number of nitrogens with zero attached hydrogens (tertiary/aromatic N) is 2. The van der Waals surface area contributed by atoms with Gasteiger partial charge in [0.25, 0.3) is 0 Å². The van der Waals surface area contributed by atoms with E-state index in [1.54, 1.807) is 11.8 Å². The van der Waals surface area contributed by atoms with Gasteiger partial charge in [0.1, 0.15) is 6.61 Å². The molecule has 0 atom stereocenters. The number of carboxylic acid groups (broad SMARTS) is 1. The number of hydrogen-bond donors (Lipinski definition) is 1. The number of rotatable bonds is 11. The largest absolute Gasteiger partial charge is 0.550 e. The summed E-state index contributed by atoms with van der Waals surface area (Å²) < 4.78 is 2.08. The molecule has 1 N–H and O–H groups in total. The highest BCUT2D eigenvalue weighted by Crippen LogP contribution is 2.47. The molecule has 6 heteroatoms. The maximum atomic E-state index is 10.9. The maximum Gasteiger partial charge on any atom is 0.213 e. The lowest BCUT2D eigenvalue weighted by Gasteiger charge is -2.21. The fraction of sp³-hybridized carbons (Fsp3) is 0.312. The maximum absolute atomic E-state index is 10.9. The lowest BCUT2D eigenvalue weighted by atomic mass is 10.1. The minimum Gasteiger partial charge on any atom is -0.550 e. The van der Waals surface area contributed by atoms with Gasteiger partial charge < -0.3 is 19.9 Å². The standard InChI is InChI=1S/C32H36N2O3S/c1-4-25(12-14-26-16-18-33(19-20-35)28-10-6-5-9-27(26)28)13-15-31-34(17-8-7-11-32(36)37)29-21-23(2)24(3)22-30(29)38-31/h5-6,9-10,12-16,18,21-22,35H,4,7-8,11,17,19-20H2,1-3H3. The van der Waals surface area contributed by atoms with E-state index in [0.717, 1.165) is 40.9 Å². The van der Waals surface area contributed by atoms with Crippen LogP contribution in [0.5, 0.6) is 0 Å². The van der Waals surface area contributed by atoms with Crippen LogP contribution in [0.25, 0.3) is 17.0 Å². The molecule has 0 spiro atoms. The van der Waals surface area contributed by atoms with E-state index < -0.39 is 5.97 Å². The number of aryl methyl sites for hydroxylation is 2. The van der Waals surface area contributed by atoms with Gasteiger partial charge in [-0.25, -0.2) is 0 Å². The summed E-state index contributed by atoms with van der Waals surface area (Å²) in [6.07, 6.45) is 13.2. The second-order valence-corrected chi connectivity index (χ2v) is 10.7. The molecule has 0 amide bonds. The Balaban J connectivity index is 1.59. The first-order valence-corrected chi connectivity index (χ1v) is 14.1. The minimum absolute atomic E-state index is 0.0959. The molecule has 0 saturated heterocycles. The third kappa shape index (κ3) is 6.55. The Morgan fingerprint density at radius 3 is 2.68 bits per heavy atom. The Hall–Kier alpha value is -3.35. The summed E-state index contributed by atoms with van der Waals surface area (Å²) in [7, 11) is 0. The lowest BCUT2D eigenvalue weighted by Crippen LogP contribution is -2.36. The highest BCUT2D eigenvalue weighted by molar-refractivity contribution is 8.03. The number of aliphatic hydroxyl groups excluding tert-OH is 1. The molecule has 0 aliphatic carbocycles. The Morgan fingerprint density at radius 1 is 1.13 bits per heavy atom. The van der Waals surface area contributed by atoms with Crippen molar-refractivity contribution in [2.24, 2.45) is 0 Å². The molecule has 0 fully saturated rings. The second kappa shape index (κ2) is 12.9. The van der Waals surface area contributed by atoms with Gasteiger partial charge in [0.2, 0.25) is 5.52 Å². The monoisotopic (exact) mass is 528 g/mol. The first-order valence-electron chi connectivity index (χ1n) is 13.3. The quantitative estimate of drug-likeness (QED) is 0.203. The molecule has 0 saturated carbocycles. The normalized spacial score (nSPS) is 14.7. The van der Waals surface area contributed by atoms with Gasteiger partial charge in [-0.15, -0.1) is 0 Å². The van der Waals surface area contributed by atoms with Crippen molar-refractivity contribution in [3.05, 3.63) is 94.2 Å². The fourth-order valence-corrected chi connectivity index (χ4v) is 5.84. The number of allylic oxidation sites excluding steroid dienone is 4. The van der Waals surface area contributed by atoms with Gasteiger partial charge in [-0.3, -0.25) is 0 Å². The van der Waals surface area contributed by atoms with E-state index >= 15 is 0 Å². The van der Waals surface area contributed by atoms with E-state index in [-0.39, 0.29) is 13.0 Å². The van der Waals surface area contributed by atoms with Crippen molar-refractivity contribution in [1.29, 1.82) is 0 Å². The molecule has 5 nitrogen and oxygen atoms in total. The predicted molar refractivity (Wildman–Crippen MR) is 155 cm³/mol. The molecule has 2 aromatic carbocycles. The zero-order chi connectivity index (χ0) is 27.1. The van der Waals surface area contributed by atoms with Crippen LogP contribution in [0.1, 0.15) is 49.3 Å². The van der Waals surface area contributed by atoms with Crippen molar-refractivity contribution in [1.82, 2.24) is 0 Å². The van der Waals surface area contributed by atoms with E-state index in [0.29, 0.717) is 13.0 Å². The van der Waals surface area contributed by atoms with Crippen molar-refractivity contribution in [2.45, 2.75) is 57.9 Å². The number of aliphatic hydroxyl groups is 1. The number of carbonyl (C=O) groups is 1. The number of fused-ring (bicyclic) bond motifs is 2. The number of aromatic nitrogens is 1. The van der Waals surface area contributed by atoms with Gasteiger partial charge in [0.15, 0.2) is 12.7 Å². The summed E-state index contributed by atoms with van der Waals surface area (Å²) in [6.45, 7) is 7.89. The Labute approximate surface area is 229 Å². The number of thioether (sulfide) groups is 1. The smallest absolute Gasteiger partial charge is 0.213 e. The number of carboxylic acids is 1. The first kappa shape index (κ1) is 27.7. The molecular formula is C32H36N2O3S. The Kier molecular flexibility index (Phi) is 9.43. The van der Waals surface area contributed by atoms with E-state index in [1.165, 1.54) is 27.3 Å². The number of benzene rings is 2. The molecule has 0 bridgehead atoms. The van der Waals surface area contributed by atoms with Crippen LogP contribution in [0.4, 0.5) is 5.69 Å². The summed E-state index contributed by atoms with van der Waals surface area (Å²) in [6, 6.07) is 14.9. The molecule has 4 rings (SSSR count). The topological polar surface area (TPSA) is 67.5 Å². The summed E-state index contributed by atoms with van der Waals surface area (Å²) >= 11 is 1.77. The highest BCUT2D eigenvalue weighted by Gasteiger charge is 2.25. The summed E-state index contributed by atoms with van der Waals surface area (Å²) in [5.74, 6) is -0.986. The van der Waals surface area contributed by atoms with Crippen LogP contribution < -0.4 is 14.6 Å². The van der Waals surface area contributed by atoms with Crippen molar-refractivity contribution in [3.8, 4) is 0 Å². The molecule has 1 aliphatic heterocycles. The predicted octanol–water partition coefficient (Wildman–Crippen LogP) is 5.46. The molecular weight excluding hydrogens is 492 g/mol. The Bertz CT molecular complexity index is 1410. The average molecular weight is 529 g/mol. The third-order valence-electron chi connectivity index (χ3n) is 6.98. The van der Waals surface area contributed by atoms with Gasteiger partial charge in [0, 0.05) is 29.5 Å². The van der Waals surface area contributed by atoms with Crippen LogP contribution in [0.2, 0.25) is 0 Å². The summed E-state index contributed by atoms with van der Waals surface area (Å²) in [5, 5.41) is 22.6. The number of hydrogen-bond acceptors (Lipinski definition) is 5. The van der Waals surface area contributed by atoms with Gasteiger partial charge in [-0.1, -0.05) is 49.0 Å². The van der Waals surface area contributed by atoms with Crippen LogP contribution in [-0.2, 0) is 11.3 Å². The number of anilines is 1. The fourth-order valence-electron chi connectivity index (χ4n) is 4.67. The van der Waals surface area contributed by atoms with Crippen LogP contribution >= 0.6 is 11.8 Å². The molecule has 1 aromatic heterocycles. The molecule has 3 aromatic rings. The zero-order valence-electron chi connectivity index (χ0n) is 22.4. The van der Waals surface area contributed by atoms with Crippen LogP contribution in [0, 0.1) is 13.8 Å². The van der Waals surface area contributed by atoms with Crippen molar-refractivity contribution in [3.63, 3.8) is 0 Å². The van der Waals surface area contributed by atoms with E-state index in [1.807, 2.05) is 18.3 Å². The van der Waals surface area contributed by atoms with Gasteiger partial charge >= 0.3 is 0 Å². The molecule has 198 valence electrons. The van der Waals surface area contributed by atoms with Crippen LogP contribution in [0.15, 0.2) is 82.4 Å². The van der Waals surface area contributed by atoms with Crippen molar-refractivity contribution < 1.29 is 19.6 Å². The summed E-state index contributed by atoms with van der Waals surface area (Å²) in [5.41, 5.74) is 7.20. The van der Waals surface area contributed by atoms with Gasteiger partial charge in [-0.2, -0.15) is 4.57 Å². The van der Waals surface area contributed by atoms with Crippen LogP contribution in [0.3, 0.4) is 0 Å². The minimum atomic E-state index is -0.986.